The average Bonchev–Trinajstić information content (AvgIpc) is 3.51. The molecular formula is C22H21FN2O3. The van der Waals surface area contributed by atoms with E-state index in [0.717, 1.165) is 18.4 Å². The number of benzene rings is 2. The van der Waals surface area contributed by atoms with E-state index in [-0.39, 0.29) is 42.5 Å². The lowest BCUT2D eigenvalue weighted by Gasteiger charge is -2.23. The maximum Gasteiger partial charge on any atom is 0.261 e. The van der Waals surface area contributed by atoms with Crippen LogP contribution in [0, 0.1) is 5.82 Å². The van der Waals surface area contributed by atoms with E-state index >= 15 is 0 Å². The van der Waals surface area contributed by atoms with Crippen LogP contribution in [0.3, 0.4) is 0 Å². The molecule has 3 amide bonds. The van der Waals surface area contributed by atoms with Gasteiger partial charge in [-0.15, -0.1) is 0 Å². The van der Waals surface area contributed by atoms with Gasteiger partial charge in [-0.1, -0.05) is 24.3 Å². The fourth-order valence-electron chi connectivity index (χ4n) is 3.57. The van der Waals surface area contributed by atoms with Gasteiger partial charge in [0.05, 0.1) is 11.1 Å². The molecule has 5 nitrogen and oxygen atoms in total. The molecular weight excluding hydrogens is 359 g/mol. The molecule has 0 atom stereocenters. The van der Waals surface area contributed by atoms with Gasteiger partial charge in [0.15, 0.2) is 0 Å². The van der Waals surface area contributed by atoms with Gasteiger partial charge in [0.25, 0.3) is 11.8 Å². The number of nitrogens with zero attached hydrogens (tertiary/aromatic N) is 2. The highest BCUT2D eigenvalue weighted by Gasteiger charge is 2.35. The summed E-state index contributed by atoms with van der Waals surface area (Å²) in [5, 5.41) is 0. The summed E-state index contributed by atoms with van der Waals surface area (Å²) in [4.78, 5) is 40.5. The molecule has 2 aromatic carbocycles. The van der Waals surface area contributed by atoms with E-state index in [1.54, 1.807) is 36.4 Å². The van der Waals surface area contributed by atoms with Crippen LogP contribution in [0.15, 0.2) is 48.5 Å². The first kappa shape index (κ1) is 18.3. The number of hydrogen-bond acceptors (Lipinski definition) is 3. The van der Waals surface area contributed by atoms with Gasteiger partial charge >= 0.3 is 0 Å². The molecule has 0 radical (unpaired) electrons. The SMILES string of the molecule is O=C1c2ccccc2C(=O)N1CCCC(=O)N(Cc1ccc(F)cc1)C1CC1. The molecule has 1 fully saturated rings. The topological polar surface area (TPSA) is 57.7 Å². The van der Waals surface area contributed by atoms with Crippen molar-refractivity contribution in [3.05, 3.63) is 71.0 Å². The zero-order valence-electron chi connectivity index (χ0n) is 15.4. The van der Waals surface area contributed by atoms with Crippen molar-refractivity contribution in [1.82, 2.24) is 9.80 Å². The third-order valence-electron chi connectivity index (χ3n) is 5.22. The lowest BCUT2D eigenvalue weighted by atomic mass is 10.1. The van der Waals surface area contributed by atoms with Crippen molar-refractivity contribution in [2.75, 3.05) is 6.54 Å². The van der Waals surface area contributed by atoms with Crippen molar-refractivity contribution < 1.29 is 18.8 Å². The molecule has 2 aliphatic rings. The highest BCUT2D eigenvalue weighted by Crippen LogP contribution is 2.29. The van der Waals surface area contributed by atoms with Gasteiger partial charge in [-0.05, 0) is 49.1 Å². The zero-order chi connectivity index (χ0) is 19.7. The third kappa shape index (κ3) is 3.67. The molecule has 0 aromatic heterocycles. The Kier molecular flexibility index (Phi) is 4.94. The van der Waals surface area contributed by atoms with E-state index < -0.39 is 0 Å². The van der Waals surface area contributed by atoms with Crippen molar-refractivity contribution in [2.45, 2.75) is 38.3 Å². The summed E-state index contributed by atoms with van der Waals surface area (Å²) in [5.41, 5.74) is 1.74. The number of halogens is 1. The van der Waals surface area contributed by atoms with Crippen LogP contribution in [0.1, 0.15) is 52.0 Å². The molecule has 0 unspecified atom stereocenters. The maximum absolute atomic E-state index is 13.1. The average molecular weight is 380 g/mol. The van der Waals surface area contributed by atoms with Crippen molar-refractivity contribution in [2.24, 2.45) is 0 Å². The predicted octanol–water partition coefficient (Wildman–Crippen LogP) is 3.39. The summed E-state index contributed by atoms with van der Waals surface area (Å²) in [6.07, 6.45) is 2.65. The molecule has 144 valence electrons. The van der Waals surface area contributed by atoms with Crippen LogP contribution >= 0.6 is 0 Å². The summed E-state index contributed by atoms with van der Waals surface area (Å²) in [5.74, 6) is -0.880. The van der Waals surface area contributed by atoms with Gasteiger partial charge in [0.1, 0.15) is 5.82 Å². The number of carbonyl (C=O) groups is 3. The van der Waals surface area contributed by atoms with Crippen LogP contribution < -0.4 is 0 Å². The number of fused-ring (bicyclic) bond motifs is 1. The smallest absolute Gasteiger partial charge is 0.261 e. The summed E-state index contributed by atoms with van der Waals surface area (Å²) >= 11 is 0. The van der Waals surface area contributed by atoms with Gasteiger partial charge in [-0.25, -0.2) is 4.39 Å². The van der Waals surface area contributed by atoms with Crippen molar-refractivity contribution in [3.63, 3.8) is 0 Å². The lowest BCUT2D eigenvalue weighted by molar-refractivity contribution is -0.132. The number of amides is 3. The Labute approximate surface area is 162 Å². The van der Waals surface area contributed by atoms with Crippen molar-refractivity contribution >= 4 is 17.7 Å². The van der Waals surface area contributed by atoms with E-state index in [4.69, 9.17) is 0 Å². The third-order valence-corrected chi connectivity index (χ3v) is 5.22. The van der Waals surface area contributed by atoms with E-state index in [1.807, 2.05) is 4.90 Å². The largest absolute Gasteiger partial charge is 0.335 e. The second-order valence-corrected chi connectivity index (χ2v) is 7.29. The first-order valence-electron chi connectivity index (χ1n) is 9.54. The standard InChI is InChI=1S/C22H21FN2O3/c23-16-9-7-15(8-10-16)14-25(17-11-12-17)20(26)6-3-13-24-21(27)18-4-1-2-5-19(18)22(24)28/h1-2,4-5,7-10,17H,3,6,11-14H2. The van der Waals surface area contributed by atoms with Crippen LogP contribution in [0.25, 0.3) is 0 Å². The number of imide groups is 1. The molecule has 6 heteroatoms. The summed E-state index contributed by atoms with van der Waals surface area (Å²) in [7, 11) is 0. The van der Waals surface area contributed by atoms with Crippen LogP contribution in [-0.4, -0.2) is 40.1 Å². The van der Waals surface area contributed by atoms with Crippen LogP contribution in [0.5, 0.6) is 0 Å². The molecule has 0 saturated heterocycles. The predicted molar refractivity (Wildman–Crippen MR) is 101 cm³/mol. The second kappa shape index (κ2) is 7.54. The molecule has 1 aliphatic heterocycles. The Morgan fingerprint density at radius 2 is 1.61 bits per heavy atom. The summed E-state index contributed by atoms with van der Waals surface area (Å²) in [6.45, 7) is 0.684. The van der Waals surface area contributed by atoms with Crippen LogP contribution in [0.2, 0.25) is 0 Å². The molecule has 0 spiro atoms. The van der Waals surface area contributed by atoms with Crippen molar-refractivity contribution in [1.29, 1.82) is 0 Å². The second-order valence-electron chi connectivity index (χ2n) is 7.29. The Bertz CT molecular complexity index is 887. The normalized spacial score (nSPS) is 15.7. The lowest BCUT2D eigenvalue weighted by Crippen LogP contribution is -2.34. The fourth-order valence-corrected chi connectivity index (χ4v) is 3.57. The van der Waals surface area contributed by atoms with Gasteiger partial charge < -0.3 is 4.90 Å². The van der Waals surface area contributed by atoms with Gasteiger partial charge in [0.2, 0.25) is 5.91 Å². The van der Waals surface area contributed by atoms with Crippen LogP contribution in [-0.2, 0) is 11.3 Å². The van der Waals surface area contributed by atoms with Crippen molar-refractivity contribution in [3.8, 4) is 0 Å². The molecule has 4 rings (SSSR count). The van der Waals surface area contributed by atoms with E-state index in [2.05, 4.69) is 0 Å². The molecule has 1 saturated carbocycles. The molecule has 2 aromatic rings. The van der Waals surface area contributed by atoms with Gasteiger partial charge in [0, 0.05) is 25.6 Å². The monoisotopic (exact) mass is 380 g/mol. The number of hydrogen-bond donors (Lipinski definition) is 0. The molecule has 0 N–H and O–H groups in total. The Morgan fingerprint density at radius 1 is 1.00 bits per heavy atom. The Balaban J connectivity index is 1.34. The molecule has 1 heterocycles. The minimum absolute atomic E-state index is 0.00318. The highest BCUT2D eigenvalue weighted by molar-refractivity contribution is 6.21. The highest BCUT2D eigenvalue weighted by atomic mass is 19.1. The number of carbonyl (C=O) groups excluding carboxylic acids is 3. The van der Waals surface area contributed by atoms with E-state index in [1.165, 1.54) is 17.0 Å². The summed E-state index contributed by atoms with van der Waals surface area (Å²) < 4.78 is 13.1. The fraction of sp³-hybridized carbons (Fsp3) is 0.318. The molecule has 28 heavy (non-hydrogen) atoms. The number of rotatable bonds is 7. The first-order chi connectivity index (χ1) is 13.5. The first-order valence-corrected chi connectivity index (χ1v) is 9.54. The van der Waals surface area contributed by atoms with E-state index in [9.17, 15) is 18.8 Å². The summed E-state index contributed by atoms with van der Waals surface area (Å²) in [6, 6.07) is 13.2. The molecule has 1 aliphatic carbocycles. The van der Waals surface area contributed by atoms with Crippen LogP contribution in [0.4, 0.5) is 4.39 Å². The minimum atomic E-state index is -0.297. The zero-order valence-corrected chi connectivity index (χ0v) is 15.4. The van der Waals surface area contributed by atoms with E-state index in [0.29, 0.717) is 24.1 Å². The maximum atomic E-state index is 13.1. The minimum Gasteiger partial charge on any atom is -0.335 e. The van der Waals surface area contributed by atoms with Gasteiger partial charge in [-0.2, -0.15) is 0 Å². The van der Waals surface area contributed by atoms with Gasteiger partial charge in [-0.3, -0.25) is 19.3 Å². The quantitative estimate of drug-likeness (QED) is 0.692. The Hall–Kier alpha value is -3.02. The molecule has 0 bridgehead atoms. The Morgan fingerprint density at radius 3 is 2.18 bits per heavy atom.